The highest BCUT2D eigenvalue weighted by Crippen LogP contribution is 2.24. The summed E-state index contributed by atoms with van der Waals surface area (Å²) >= 11 is 0. The second-order valence-corrected chi connectivity index (χ2v) is 4.93. The molecule has 5 heteroatoms. The molecule has 2 N–H and O–H groups in total. The predicted molar refractivity (Wildman–Crippen MR) is 72.8 cm³/mol. The Morgan fingerprint density at radius 3 is 2.95 bits per heavy atom. The minimum atomic E-state index is -0.937. The average molecular weight is 264 g/mol. The van der Waals surface area contributed by atoms with E-state index in [0.717, 1.165) is 36.9 Å². The van der Waals surface area contributed by atoms with Crippen molar-refractivity contribution in [3.05, 3.63) is 22.9 Å². The van der Waals surface area contributed by atoms with Crippen LogP contribution in [0.4, 0.5) is 5.82 Å². The van der Waals surface area contributed by atoms with Gasteiger partial charge in [0.25, 0.3) is 0 Å². The number of rotatable bonds is 5. The Morgan fingerprint density at radius 1 is 1.53 bits per heavy atom. The molecule has 0 fully saturated rings. The molecule has 0 aliphatic heterocycles. The van der Waals surface area contributed by atoms with Gasteiger partial charge >= 0.3 is 5.97 Å². The van der Waals surface area contributed by atoms with Crippen molar-refractivity contribution in [2.75, 3.05) is 19.0 Å². The number of hydrogen-bond acceptors (Lipinski definition) is 4. The van der Waals surface area contributed by atoms with Crippen molar-refractivity contribution >= 4 is 11.8 Å². The summed E-state index contributed by atoms with van der Waals surface area (Å²) in [6, 6.07) is 1.77. The van der Waals surface area contributed by atoms with Gasteiger partial charge in [-0.3, -0.25) is 0 Å². The van der Waals surface area contributed by atoms with Crippen LogP contribution in [0, 0.1) is 0 Å². The minimum Gasteiger partial charge on any atom is -0.478 e. The summed E-state index contributed by atoms with van der Waals surface area (Å²) in [5, 5.41) is 12.4. The van der Waals surface area contributed by atoms with E-state index in [2.05, 4.69) is 10.3 Å². The number of hydrogen-bond donors (Lipinski definition) is 2. The lowest BCUT2D eigenvalue weighted by Crippen LogP contribution is -2.21. The molecule has 1 heterocycles. The molecular weight excluding hydrogens is 244 g/mol. The van der Waals surface area contributed by atoms with Crippen LogP contribution in [-0.2, 0) is 17.6 Å². The SMILES string of the molecule is COC(C)CNc1nc2c(cc1C(=O)O)CCCC2. The number of pyridine rings is 1. The number of ether oxygens (including phenoxy) is 1. The number of anilines is 1. The molecule has 1 atom stereocenters. The number of aryl methyl sites for hydroxylation is 2. The van der Waals surface area contributed by atoms with Crippen LogP contribution in [0.3, 0.4) is 0 Å². The van der Waals surface area contributed by atoms with Gasteiger partial charge in [0.2, 0.25) is 0 Å². The van der Waals surface area contributed by atoms with Gasteiger partial charge < -0.3 is 15.2 Å². The van der Waals surface area contributed by atoms with Crippen molar-refractivity contribution in [1.29, 1.82) is 0 Å². The van der Waals surface area contributed by atoms with Gasteiger partial charge in [-0.1, -0.05) is 0 Å². The van der Waals surface area contributed by atoms with E-state index in [-0.39, 0.29) is 11.7 Å². The Balaban J connectivity index is 2.26. The van der Waals surface area contributed by atoms with Gasteiger partial charge in [-0.2, -0.15) is 0 Å². The highest BCUT2D eigenvalue weighted by Gasteiger charge is 2.19. The summed E-state index contributed by atoms with van der Waals surface area (Å²) in [7, 11) is 1.63. The molecule has 0 saturated heterocycles. The Bertz CT molecular complexity index is 474. The number of aromatic nitrogens is 1. The summed E-state index contributed by atoms with van der Waals surface area (Å²) in [6.07, 6.45) is 4.11. The zero-order valence-corrected chi connectivity index (χ0v) is 11.4. The number of carboxylic acid groups (broad SMARTS) is 1. The van der Waals surface area contributed by atoms with Crippen molar-refractivity contribution in [2.45, 2.75) is 38.7 Å². The quantitative estimate of drug-likeness (QED) is 0.852. The zero-order chi connectivity index (χ0) is 13.8. The fourth-order valence-corrected chi connectivity index (χ4v) is 2.26. The highest BCUT2D eigenvalue weighted by molar-refractivity contribution is 5.93. The van der Waals surface area contributed by atoms with Crippen LogP contribution in [-0.4, -0.2) is 35.8 Å². The van der Waals surface area contributed by atoms with Crippen molar-refractivity contribution < 1.29 is 14.6 Å². The maximum Gasteiger partial charge on any atom is 0.339 e. The fourth-order valence-electron chi connectivity index (χ4n) is 2.26. The van der Waals surface area contributed by atoms with E-state index in [1.165, 1.54) is 0 Å². The number of nitrogens with zero attached hydrogens (tertiary/aromatic N) is 1. The summed E-state index contributed by atoms with van der Waals surface area (Å²) in [4.78, 5) is 15.8. The molecule has 0 saturated carbocycles. The van der Waals surface area contributed by atoms with Crippen molar-refractivity contribution in [2.24, 2.45) is 0 Å². The van der Waals surface area contributed by atoms with Crippen LogP contribution < -0.4 is 5.32 Å². The molecule has 1 aliphatic rings. The molecule has 5 nitrogen and oxygen atoms in total. The summed E-state index contributed by atoms with van der Waals surface area (Å²) in [6.45, 7) is 2.47. The van der Waals surface area contributed by atoms with E-state index in [0.29, 0.717) is 12.4 Å². The summed E-state index contributed by atoms with van der Waals surface area (Å²) in [5.41, 5.74) is 2.36. The van der Waals surface area contributed by atoms with Gasteiger partial charge in [-0.25, -0.2) is 9.78 Å². The maximum absolute atomic E-state index is 11.3. The molecular formula is C14H20N2O3. The van der Waals surface area contributed by atoms with E-state index in [4.69, 9.17) is 4.74 Å². The Morgan fingerprint density at radius 2 is 2.26 bits per heavy atom. The molecule has 0 spiro atoms. The van der Waals surface area contributed by atoms with Gasteiger partial charge in [0.1, 0.15) is 11.4 Å². The smallest absolute Gasteiger partial charge is 0.339 e. The van der Waals surface area contributed by atoms with Crippen LogP contribution in [0.2, 0.25) is 0 Å². The lowest BCUT2D eigenvalue weighted by Gasteiger charge is -2.19. The Labute approximate surface area is 113 Å². The first-order valence-electron chi connectivity index (χ1n) is 6.64. The molecule has 104 valence electrons. The van der Waals surface area contributed by atoms with Crippen LogP contribution in [0.25, 0.3) is 0 Å². The number of methoxy groups -OCH3 is 1. The molecule has 1 aliphatic carbocycles. The van der Waals surface area contributed by atoms with E-state index >= 15 is 0 Å². The van der Waals surface area contributed by atoms with Gasteiger partial charge in [-0.05, 0) is 44.2 Å². The van der Waals surface area contributed by atoms with Crippen LogP contribution >= 0.6 is 0 Å². The Hall–Kier alpha value is -1.62. The van der Waals surface area contributed by atoms with E-state index in [1.54, 1.807) is 13.2 Å². The number of carboxylic acids is 1. The van der Waals surface area contributed by atoms with Crippen molar-refractivity contribution in [3.8, 4) is 0 Å². The first-order chi connectivity index (χ1) is 9.11. The first kappa shape index (κ1) is 13.8. The monoisotopic (exact) mass is 264 g/mol. The molecule has 0 aromatic carbocycles. The molecule has 1 unspecified atom stereocenters. The minimum absolute atomic E-state index is 0.0134. The van der Waals surface area contributed by atoms with Crippen LogP contribution in [0.5, 0.6) is 0 Å². The largest absolute Gasteiger partial charge is 0.478 e. The van der Waals surface area contributed by atoms with E-state index in [9.17, 15) is 9.90 Å². The lowest BCUT2D eigenvalue weighted by molar-refractivity contribution is 0.0697. The molecule has 19 heavy (non-hydrogen) atoms. The molecule has 0 bridgehead atoms. The summed E-state index contributed by atoms with van der Waals surface area (Å²) in [5.74, 6) is -0.481. The van der Waals surface area contributed by atoms with Gasteiger partial charge in [0.15, 0.2) is 0 Å². The second kappa shape index (κ2) is 6.02. The highest BCUT2D eigenvalue weighted by atomic mass is 16.5. The third-order valence-electron chi connectivity index (χ3n) is 3.49. The molecule has 1 aromatic rings. The van der Waals surface area contributed by atoms with E-state index in [1.807, 2.05) is 6.92 Å². The standard InChI is InChI=1S/C14H20N2O3/c1-9(19-2)8-15-13-11(14(17)18)7-10-5-3-4-6-12(10)16-13/h7,9H,3-6,8H2,1-2H3,(H,15,16)(H,17,18). The average Bonchev–Trinajstić information content (AvgIpc) is 2.43. The number of carbonyl (C=O) groups is 1. The number of fused-ring (bicyclic) bond motifs is 1. The lowest BCUT2D eigenvalue weighted by atomic mass is 9.94. The molecule has 0 radical (unpaired) electrons. The maximum atomic E-state index is 11.3. The third-order valence-corrected chi connectivity index (χ3v) is 3.49. The van der Waals surface area contributed by atoms with Gasteiger partial charge in [0.05, 0.1) is 6.10 Å². The molecule has 1 aromatic heterocycles. The van der Waals surface area contributed by atoms with Gasteiger partial charge in [0, 0.05) is 19.3 Å². The summed E-state index contributed by atoms with van der Waals surface area (Å²) < 4.78 is 5.15. The van der Waals surface area contributed by atoms with Crippen LogP contribution in [0.1, 0.15) is 41.4 Å². The zero-order valence-electron chi connectivity index (χ0n) is 11.4. The first-order valence-corrected chi connectivity index (χ1v) is 6.64. The van der Waals surface area contributed by atoms with Crippen molar-refractivity contribution in [3.63, 3.8) is 0 Å². The van der Waals surface area contributed by atoms with E-state index < -0.39 is 5.97 Å². The molecule has 2 rings (SSSR count). The third kappa shape index (κ3) is 3.23. The second-order valence-electron chi connectivity index (χ2n) is 4.93. The Kier molecular flexibility index (Phi) is 4.37. The normalized spacial score (nSPS) is 15.7. The topological polar surface area (TPSA) is 71.5 Å². The number of nitrogens with one attached hydrogen (secondary N) is 1. The number of aromatic carboxylic acids is 1. The van der Waals surface area contributed by atoms with Crippen molar-refractivity contribution in [1.82, 2.24) is 4.98 Å². The molecule has 0 amide bonds. The fraction of sp³-hybridized carbons (Fsp3) is 0.571. The van der Waals surface area contributed by atoms with Crippen LogP contribution in [0.15, 0.2) is 6.07 Å². The van der Waals surface area contributed by atoms with Gasteiger partial charge in [-0.15, -0.1) is 0 Å². The predicted octanol–water partition coefficient (Wildman–Crippen LogP) is 2.11.